The van der Waals surface area contributed by atoms with Crippen LogP contribution in [0.4, 0.5) is 0 Å². The molecule has 22 heavy (non-hydrogen) atoms. The molecule has 0 atom stereocenters. The van der Waals surface area contributed by atoms with Crippen LogP contribution >= 0.6 is 11.3 Å². The monoisotopic (exact) mass is 320 g/mol. The largest absolute Gasteiger partial charge is 0.481 e. The smallest absolute Gasteiger partial charge is 0.305 e. The molecule has 2 aromatic heterocycles. The van der Waals surface area contributed by atoms with Crippen molar-refractivity contribution in [1.82, 2.24) is 19.9 Å². The summed E-state index contributed by atoms with van der Waals surface area (Å²) in [6.07, 6.45) is 4.61. The first-order chi connectivity index (χ1) is 10.5. The van der Waals surface area contributed by atoms with Crippen molar-refractivity contribution >= 4 is 23.2 Å². The summed E-state index contributed by atoms with van der Waals surface area (Å²) < 4.78 is 0. The van der Waals surface area contributed by atoms with Crippen LogP contribution in [0.5, 0.6) is 0 Å². The number of carbonyl (C=O) groups is 2. The second-order valence-electron chi connectivity index (χ2n) is 4.86. The van der Waals surface area contributed by atoms with E-state index in [0.717, 1.165) is 0 Å². The van der Waals surface area contributed by atoms with Gasteiger partial charge in [-0.2, -0.15) is 0 Å². The number of carboxylic acid groups (broad SMARTS) is 1. The fourth-order valence-corrected chi connectivity index (χ4v) is 2.61. The SMILES string of the molecule is CC(C)N(CCC(=O)O)C(=O)c1csc(-c2cnccn2)n1. The summed E-state index contributed by atoms with van der Waals surface area (Å²) in [5.41, 5.74) is 0.901. The highest BCUT2D eigenvalue weighted by Crippen LogP contribution is 2.22. The third-order valence-corrected chi connectivity index (χ3v) is 3.82. The Morgan fingerprint density at radius 2 is 2.14 bits per heavy atom. The highest BCUT2D eigenvalue weighted by molar-refractivity contribution is 7.13. The molecule has 7 nitrogen and oxygen atoms in total. The van der Waals surface area contributed by atoms with Crippen molar-refractivity contribution in [2.45, 2.75) is 26.3 Å². The third-order valence-electron chi connectivity index (χ3n) is 2.96. The predicted octanol–water partition coefficient (Wildman–Crippen LogP) is 1.93. The van der Waals surface area contributed by atoms with Crippen molar-refractivity contribution in [3.8, 4) is 10.7 Å². The van der Waals surface area contributed by atoms with Gasteiger partial charge in [0.15, 0.2) is 0 Å². The van der Waals surface area contributed by atoms with E-state index in [9.17, 15) is 9.59 Å². The van der Waals surface area contributed by atoms with Crippen LogP contribution in [0, 0.1) is 0 Å². The second kappa shape index (κ2) is 7.08. The fraction of sp³-hybridized carbons (Fsp3) is 0.357. The van der Waals surface area contributed by atoms with Crippen LogP contribution < -0.4 is 0 Å². The molecule has 0 radical (unpaired) electrons. The molecular weight excluding hydrogens is 304 g/mol. The second-order valence-corrected chi connectivity index (χ2v) is 5.72. The molecule has 8 heteroatoms. The van der Waals surface area contributed by atoms with Crippen molar-refractivity contribution in [3.05, 3.63) is 29.7 Å². The third kappa shape index (κ3) is 3.85. The van der Waals surface area contributed by atoms with Crippen molar-refractivity contribution in [2.75, 3.05) is 6.54 Å². The maximum atomic E-state index is 12.5. The minimum atomic E-state index is -0.933. The fourth-order valence-electron chi connectivity index (χ4n) is 1.86. The highest BCUT2D eigenvalue weighted by atomic mass is 32.1. The lowest BCUT2D eigenvalue weighted by Gasteiger charge is -2.25. The van der Waals surface area contributed by atoms with Crippen LogP contribution in [0.2, 0.25) is 0 Å². The first kappa shape index (κ1) is 16.0. The number of carbonyl (C=O) groups excluding carboxylic acids is 1. The maximum absolute atomic E-state index is 12.5. The molecule has 0 unspecified atom stereocenters. The minimum absolute atomic E-state index is 0.0922. The van der Waals surface area contributed by atoms with E-state index in [4.69, 9.17) is 5.11 Å². The van der Waals surface area contributed by atoms with Crippen molar-refractivity contribution in [1.29, 1.82) is 0 Å². The molecule has 1 N–H and O–H groups in total. The molecule has 1 amide bonds. The predicted molar refractivity (Wildman–Crippen MR) is 81.6 cm³/mol. The van der Waals surface area contributed by atoms with Gasteiger partial charge >= 0.3 is 5.97 Å². The Morgan fingerprint density at radius 3 is 2.73 bits per heavy atom. The van der Waals surface area contributed by atoms with Gasteiger partial charge in [0.2, 0.25) is 0 Å². The molecule has 0 aliphatic carbocycles. The average molecular weight is 320 g/mol. The number of aliphatic carboxylic acids is 1. The molecule has 0 bridgehead atoms. The van der Waals surface area contributed by atoms with Crippen LogP contribution in [0.3, 0.4) is 0 Å². The van der Waals surface area contributed by atoms with Crippen LogP contribution in [0.25, 0.3) is 10.7 Å². The Morgan fingerprint density at radius 1 is 1.36 bits per heavy atom. The Bertz CT molecular complexity index is 657. The summed E-state index contributed by atoms with van der Waals surface area (Å²) in [5.74, 6) is -1.21. The number of thiazole rings is 1. The number of carboxylic acids is 1. The molecule has 0 saturated carbocycles. The summed E-state index contributed by atoms with van der Waals surface area (Å²) in [7, 11) is 0. The Balaban J connectivity index is 2.17. The first-order valence-corrected chi connectivity index (χ1v) is 7.61. The van der Waals surface area contributed by atoms with E-state index in [0.29, 0.717) is 16.4 Å². The molecule has 0 saturated heterocycles. The summed E-state index contributed by atoms with van der Waals surface area (Å²) in [4.78, 5) is 37.1. The summed E-state index contributed by atoms with van der Waals surface area (Å²) >= 11 is 1.31. The number of amides is 1. The van der Waals surface area contributed by atoms with Gasteiger partial charge in [-0.3, -0.25) is 19.6 Å². The molecule has 0 fully saturated rings. The molecular formula is C14H16N4O3S. The van der Waals surface area contributed by atoms with Gasteiger partial charge in [0.1, 0.15) is 16.4 Å². The normalized spacial score (nSPS) is 10.7. The lowest BCUT2D eigenvalue weighted by Crippen LogP contribution is -2.38. The summed E-state index contributed by atoms with van der Waals surface area (Å²) in [5, 5.41) is 11.0. The van der Waals surface area contributed by atoms with Gasteiger partial charge in [-0.05, 0) is 13.8 Å². The zero-order chi connectivity index (χ0) is 16.1. The molecule has 0 spiro atoms. The Kier molecular flexibility index (Phi) is 5.16. The van der Waals surface area contributed by atoms with E-state index in [2.05, 4.69) is 15.0 Å². The van der Waals surface area contributed by atoms with Crippen molar-refractivity contribution < 1.29 is 14.7 Å². The summed E-state index contributed by atoms with van der Waals surface area (Å²) in [6, 6.07) is -0.103. The molecule has 2 aromatic rings. The topological polar surface area (TPSA) is 96.3 Å². The standard InChI is InChI=1S/C14H16N4O3S/c1-9(2)18(6-3-12(19)20)14(21)11-8-22-13(17-11)10-7-15-4-5-16-10/h4-5,7-9H,3,6H2,1-2H3,(H,19,20). The molecule has 0 aromatic carbocycles. The molecule has 116 valence electrons. The van der Waals surface area contributed by atoms with E-state index >= 15 is 0 Å². The van der Waals surface area contributed by atoms with Crippen LogP contribution in [0.1, 0.15) is 30.8 Å². The van der Waals surface area contributed by atoms with Crippen LogP contribution in [-0.4, -0.2) is 49.4 Å². The zero-order valence-corrected chi connectivity index (χ0v) is 13.1. The molecule has 2 rings (SSSR count). The summed E-state index contributed by atoms with van der Waals surface area (Å²) in [6.45, 7) is 3.84. The number of nitrogens with zero attached hydrogens (tertiary/aromatic N) is 4. The van der Waals surface area contributed by atoms with Gasteiger partial charge in [-0.25, -0.2) is 4.98 Å². The Labute approximate surface area is 131 Å². The van der Waals surface area contributed by atoms with Gasteiger partial charge in [0, 0.05) is 30.4 Å². The quantitative estimate of drug-likeness (QED) is 0.873. The number of hydrogen-bond acceptors (Lipinski definition) is 6. The Hall–Kier alpha value is -2.35. The van der Waals surface area contributed by atoms with Gasteiger partial charge in [0.05, 0.1) is 12.6 Å². The van der Waals surface area contributed by atoms with Gasteiger partial charge < -0.3 is 10.0 Å². The van der Waals surface area contributed by atoms with Gasteiger partial charge in [0.25, 0.3) is 5.91 Å². The lowest BCUT2D eigenvalue weighted by molar-refractivity contribution is -0.137. The highest BCUT2D eigenvalue weighted by Gasteiger charge is 2.22. The van der Waals surface area contributed by atoms with E-state index < -0.39 is 5.97 Å². The number of aromatic nitrogens is 3. The first-order valence-electron chi connectivity index (χ1n) is 6.73. The van der Waals surface area contributed by atoms with E-state index in [1.807, 2.05) is 13.8 Å². The molecule has 2 heterocycles. The lowest BCUT2D eigenvalue weighted by atomic mass is 10.2. The van der Waals surface area contributed by atoms with Crippen molar-refractivity contribution in [2.24, 2.45) is 0 Å². The zero-order valence-electron chi connectivity index (χ0n) is 12.3. The van der Waals surface area contributed by atoms with E-state index in [1.165, 1.54) is 16.2 Å². The van der Waals surface area contributed by atoms with Crippen molar-refractivity contribution in [3.63, 3.8) is 0 Å². The number of hydrogen-bond donors (Lipinski definition) is 1. The van der Waals surface area contributed by atoms with Gasteiger partial charge in [-0.15, -0.1) is 11.3 Å². The molecule has 0 aliphatic heterocycles. The van der Waals surface area contributed by atoms with Crippen LogP contribution in [0.15, 0.2) is 24.0 Å². The minimum Gasteiger partial charge on any atom is -0.481 e. The maximum Gasteiger partial charge on any atom is 0.305 e. The number of rotatable bonds is 6. The van der Waals surface area contributed by atoms with E-state index in [1.54, 1.807) is 24.0 Å². The average Bonchev–Trinajstić information content (AvgIpc) is 2.97. The van der Waals surface area contributed by atoms with E-state index in [-0.39, 0.29) is 24.9 Å². The van der Waals surface area contributed by atoms with Gasteiger partial charge in [-0.1, -0.05) is 0 Å². The van der Waals surface area contributed by atoms with Crippen LogP contribution in [-0.2, 0) is 4.79 Å². The molecule has 0 aliphatic rings.